The maximum Gasteiger partial charge on any atom is 0.290 e. The summed E-state index contributed by atoms with van der Waals surface area (Å²) in [5.41, 5.74) is 4.85. The number of carbonyl (C=O) groups is 2. The Balaban J connectivity index is 0.980. The van der Waals surface area contributed by atoms with Crippen LogP contribution in [0, 0.1) is 0 Å². The smallest absolute Gasteiger partial charge is 0.290 e. The molecule has 1 atom stereocenters. The van der Waals surface area contributed by atoms with Crippen molar-refractivity contribution >= 4 is 34.1 Å². The zero-order chi connectivity index (χ0) is 36.2. The Morgan fingerprint density at radius 3 is 1.77 bits per heavy atom. The molecule has 262 valence electrons. The summed E-state index contributed by atoms with van der Waals surface area (Å²) in [4.78, 5) is 39.4. The van der Waals surface area contributed by atoms with Gasteiger partial charge >= 0.3 is 0 Å². The van der Waals surface area contributed by atoms with Gasteiger partial charge in [-0.15, -0.1) is 0 Å². The van der Waals surface area contributed by atoms with E-state index in [9.17, 15) is 9.59 Å². The van der Waals surface area contributed by atoms with Crippen LogP contribution in [0.25, 0.3) is 11.2 Å². The molecular formula is C44H36N4O4S. The molecule has 8 rings (SSSR count). The molecule has 53 heavy (non-hydrogen) atoms. The number of nitrogens with zero attached hydrogens (tertiary/aromatic N) is 4. The summed E-state index contributed by atoms with van der Waals surface area (Å²) in [6.45, 7) is 0.675. The summed E-state index contributed by atoms with van der Waals surface area (Å²) >= 11 is 1.09. The van der Waals surface area contributed by atoms with Crippen molar-refractivity contribution in [3.63, 3.8) is 0 Å². The Bertz CT molecular complexity index is 2260. The molecule has 0 N–H and O–H groups in total. The first-order valence-electron chi connectivity index (χ1n) is 17.4. The van der Waals surface area contributed by atoms with Crippen molar-refractivity contribution in [2.45, 2.75) is 30.4 Å². The predicted octanol–water partition coefficient (Wildman–Crippen LogP) is 8.72. The maximum atomic E-state index is 14.5. The lowest BCUT2D eigenvalue weighted by Gasteiger charge is -2.42. The minimum Gasteiger partial charge on any atom is -0.486 e. The SMILES string of the molecule is Cn1c(COc2ccc(CC3SC(=O)N(C(c4ccccc4)(c4ccccc4)c4ccccc4)C3=O)cc2)nc2ccc(OCc3ccccc3)nc21. The van der Waals surface area contributed by atoms with E-state index in [1.807, 2.05) is 169 Å². The molecular weight excluding hydrogens is 681 g/mol. The van der Waals surface area contributed by atoms with E-state index in [1.165, 1.54) is 4.90 Å². The van der Waals surface area contributed by atoms with E-state index in [2.05, 4.69) is 4.98 Å². The Kier molecular flexibility index (Phi) is 9.48. The highest BCUT2D eigenvalue weighted by atomic mass is 32.2. The van der Waals surface area contributed by atoms with Crippen LogP contribution < -0.4 is 9.47 Å². The molecule has 1 fully saturated rings. The van der Waals surface area contributed by atoms with Crippen LogP contribution in [-0.4, -0.2) is 35.8 Å². The highest BCUT2D eigenvalue weighted by Crippen LogP contribution is 2.47. The third kappa shape index (κ3) is 6.67. The van der Waals surface area contributed by atoms with Crippen LogP contribution in [0.15, 0.2) is 158 Å². The first-order valence-corrected chi connectivity index (χ1v) is 18.3. The summed E-state index contributed by atoms with van der Waals surface area (Å²) < 4.78 is 14.0. The molecule has 5 aromatic carbocycles. The molecule has 9 heteroatoms. The molecule has 7 aromatic rings. The van der Waals surface area contributed by atoms with Crippen LogP contribution in [0.4, 0.5) is 4.79 Å². The van der Waals surface area contributed by atoms with Gasteiger partial charge in [-0.25, -0.2) is 4.98 Å². The van der Waals surface area contributed by atoms with Crippen molar-refractivity contribution in [2.24, 2.45) is 7.05 Å². The monoisotopic (exact) mass is 716 g/mol. The summed E-state index contributed by atoms with van der Waals surface area (Å²) in [7, 11) is 1.91. The Morgan fingerprint density at radius 1 is 0.623 bits per heavy atom. The second-order valence-electron chi connectivity index (χ2n) is 12.8. The maximum absolute atomic E-state index is 14.5. The van der Waals surface area contributed by atoms with Crippen LogP contribution in [-0.2, 0) is 37.0 Å². The van der Waals surface area contributed by atoms with E-state index in [1.54, 1.807) is 0 Å². The number of aryl methyl sites for hydroxylation is 1. The average Bonchev–Trinajstić information content (AvgIpc) is 3.68. The normalized spacial score (nSPS) is 14.5. The van der Waals surface area contributed by atoms with E-state index < -0.39 is 10.8 Å². The van der Waals surface area contributed by atoms with Crippen LogP contribution in [0.5, 0.6) is 11.6 Å². The van der Waals surface area contributed by atoms with Crippen LogP contribution in [0.1, 0.15) is 33.6 Å². The van der Waals surface area contributed by atoms with Gasteiger partial charge in [0.15, 0.2) is 5.65 Å². The predicted molar refractivity (Wildman–Crippen MR) is 207 cm³/mol. The van der Waals surface area contributed by atoms with Crippen molar-refractivity contribution in [3.05, 3.63) is 191 Å². The molecule has 0 saturated carbocycles. The van der Waals surface area contributed by atoms with Crippen molar-refractivity contribution in [2.75, 3.05) is 0 Å². The highest BCUT2D eigenvalue weighted by Gasteiger charge is 2.53. The molecule has 3 heterocycles. The highest BCUT2D eigenvalue weighted by molar-refractivity contribution is 8.15. The summed E-state index contributed by atoms with van der Waals surface area (Å²) in [6.07, 6.45) is 0.394. The molecule has 0 aliphatic carbocycles. The second kappa shape index (κ2) is 14.8. The molecule has 2 amide bonds. The molecule has 0 bridgehead atoms. The minimum atomic E-state index is -1.14. The number of imidazole rings is 1. The second-order valence-corrected chi connectivity index (χ2v) is 14.0. The fourth-order valence-corrected chi connectivity index (χ4v) is 7.99. The minimum absolute atomic E-state index is 0.221. The molecule has 0 radical (unpaired) electrons. The zero-order valence-electron chi connectivity index (χ0n) is 29.0. The number of carbonyl (C=O) groups excluding carboxylic acids is 2. The summed E-state index contributed by atoms with van der Waals surface area (Å²) in [5, 5.41) is -0.859. The number of imide groups is 1. The fraction of sp³-hybridized carbons (Fsp3) is 0.136. The van der Waals surface area contributed by atoms with Gasteiger partial charge in [0.2, 0.25) is 11.8 Å². The van der Waals surface area contributed by atoms with Gasteiger partial charge < -0.3 is 14.0 Å². The fourth-order valence-electron chi connectivity index (χ4n) is 6.93. The van der Waals surface area contributed by atoms with Gasteiger partial charge in [-0.05, 0) is 52.4 Å². The number of pyridine rings is 1. The molecule has 1 aliphatic heterocycles. The van der Waals surface area contributed by atoms with Gasteiger partial charge in [0.25, 0.3) is 5.24 Å². The van der Waals surface area contributed by atoms with E-state index in [4.69, 9.17) is 14.5 Å². The largest absolute Gasteiger partial charge is 0.486 e. The molecule has 8 nitrogen and oxygen atoms in total. The number of hydrogen-bond donors (Lipinski definition) is 0. The zero-order valence-corrected chi connectivity index (χ0v) is 29.9. The molecule has 1 saturated heterocycles. The lowest BCUT2D eigenvalue weighted by molar-refractivity contribution is -0.129. The number of aromatic nitrogens is 3. The van der Waals surface area contributed by atoms with Crippen molar-refractivity contribution in [1.29, 1.82) is 0 Å². The number of hydrogen-bond acceptors (Lipinski definition) is 7. The van der Waals surface area contributed by atoms with E-state index >= 15 is 0 Å². The van der Waals surface area contributed by atoms with E-state index in [0.717, 1.165) is 50.9 Å². The van der Waals surface area contributed by atoms with Crippen molar-refractivity contribution in [3.8, 4) is 11.6 Å². The quantitative estimate of drug-likeness (QED) is 0.117. The van der Waals surface area contributed by atoms with E-state index in [0.29, 0.717) is 30.3 Å². The standard InChI is InChI=1S/C44H36N4O4S/c1-47-39(45-37-26-27-40(46-41(37)47)52-29-32-14-6-2-7-15-32)30-51-36-24-22-31(23-25-36)28-38-42(49)48(43(50)53-38)44(33-16-8-3-9-17-33,34-18-10-4-11-19-34)35-20-12-5-13-21-35/h2-27,38H,28-30H2,1H3. The Labute approximate surface area is 312 Å². The number of rotatable bonds is 12. The first kappa shape index (κ1) is 33.9. The number of benzene rings is 5. The molecule has 2 aromatic heterocycles. The van der Waals surface area contributed by atoms with Crippen LogP contribution >= 0.6 is 11.8 Å². The number of ether oxygens (including phenoxy) is 2. The number of thioether (sulfide) groups is 1. The van der Waals surface area contributed by atoms with Gasteiger partial charge in [-0.3, -0.25) is 14.5 Å². The summed E-state index contributed by atoms with van der Waals surface area (Å²) in [6, 6.07) is 50.8. The third-order valence-electron chi connectivity index (χ3n) is 9.56. The van der Waals surface area contributed by atoms with Crippen LogP contribution in [0.3, 0.4) is 0 Å². The van der Waals surface area contributed by atoms with Crippen molar-refractivity contribution < 1.29 is 19.1 Å². The van der Waals surface area contributed by atoms with Crippen LogP contribution in [0.2, 0.25) is 0 Å². The Hall–Kier alpha value is -6.19. The van der Waals surface area contributed by atoms with Gasteiger partial charge in [0.1, 0.15) is 35.8 Å². The number of amides is 2. The molecule has 1 aliphatic rings. The summed E-state index contributed by atoms with van der Waals surface area (Å²) in [5.74, 6) is 1.70. The van der Waals surface area contributed by atoms with E-state index in [-0.39, 0.29) is 17.8 Å². The number of fused-ring (bicyclic) bond motifs is 1. The lowest BCUT2D eigenvalue weighted by atomic mass is 9.75. The first-order chi connectivity index (χ1) is 26.0. The van der Waals surface area contributed by atoms with Gasteiger partial charge in [-0.1, -0.05) is 145 Å². The molecule has 1 unspecified atom stereocenters. The average molecular weight is 717 g/mol. The molecule has 0 spiro atoms. The topological polar surface area (TPSA) is 86.6 Å². The Morgan fingerprint density at radius 2 is 1.19 bits per heavy atom. The van der Waals surface area contributed by atoms with Gasteiger partial charge in [0.05, 0.1) is 5.25 Å². The van der Waals surface area contributed by atoms with Gasteiger partial charge in [0, 0.05) is 13.1 Å². The lowest BCUT2D eigenvalue weighted by Crippen LogP contribution is -2.51. The van der Waals surface area contributed by atoms with Crippen molar-refractivity contribution in [1.82, 2.24) is 19.4 Å². The van der Waals surface area contributed by atoms with Gasteiger partial charge in [-0.2, -0.15) is 4.98 Å². The third-order valence-corrected chi connectivity index (χ3v) is 10.6.